The number of carbonyl (C=O) groups excluding carboxylic acids is 1. The number of rotatable bonds is 7. The van der Waals surface area contributed by atoms with E-state index in [1.165, 1.54) is 0 Å². The van der Waals surface area contributed by atoms with Gasteiger partial charge in [0.15, 0.2) is 0 Å². The van der Waals surface area contributed by atoms with Gasteiger partial charge in [0.25, 0.3) is 0 Å². The van der Waals surface area contributed by atoms with Crippen LogP contribution in [0, 0.1) is 5.92 Å². The van der Waals surface area contributed by atoms with Crippen LogP contribution in [-0.2, 0) is 11.3 Å². The SMILES string of the molecule is CC(CCC(=O)O)CNC(=O)N(C)Cc1cn[nH]c1. The van der Waals surface area contributed by atoms with Gasteiger partial charge in [0.1, 0.15) is 0 Å². The molecule has 0 radical (unpaired) electrons. The van der Waals surface area contributed by atoms with Crippen LogP contribution in [0.3, 0.4) is 0 Å². The van der Waals surface area contributed by atoms with Gasteiger partial charge in [-0.15, -0.1) is 0 Å². The predicted octanol–water partition coefficient (Wildman–Crippen LogP) is 1.05. The Hall–Kier alpha value is -2.05. The number of amides is 2. The normalized spacial score (nSPS) is 11.9. The van der Waals surface area contributed by atoms with Gasteiger partial charge in [-0.05, 0) is 12.3 Å². The molecule has 0 aliphatic heterocycles. The van der Waals surface area contributed by atoms with Crippen molar-refractivity contribution in [3.05, 3.63) is 18.0 Å². The van der Waals surface area contributed by atoms with E-state index in [0.29, 0.717) is 19.5 Å². The minimum atomic E-state index is -0.810. The molecule has 1 heterocycles. The number of H-pyrrole nitrogens is 1. The highest BCUT2D eigenvalue weighted by molar-refractivity contribution is 5.73. The van der Waals surface area contributed by atoms with Crippen LogP contribution in [0.4, 0.5) is 4.79 Å². The second kappa shape index (κ2) is 7.40. The maximum absolute atomic E-state index is 11.8. The van der Waals surface area contributed by atoms with Gasteiger partial charge in [-0.25, -0.2) is 4.79 Å². The summed E-state index contributed by atoms with van der Waals surface area (Å²) in [5, 5.41) is 17.8. The standard InChI is InChI=1S/C12H20N4O3/c1-9(3-4-11(17)18)5-13-12(19)16(2)8-10-6-14-15-7-10/h6-7,9H,3-5,8H2,1-2H3,(H,13,19)(H,14,15)(H,17,18). The summed E-state index contributed by atoms with van der Waals surface area (Å²) in [5.74, 6) is -0.669. The van der Waals surface area contributed by atoms with Gasteiger partial charge in [0.05, 0.1) is 12.7 Å². The summed E-state index contributed by atoms with van der Waals surface area (Å²) in [4.78, 5) is 23.8. The number of carboxylic acids is 1. The van der Waals surface area contributed by atoms with Crippen LogP contribution < -0.4 is 5.32 Å². The Morgan fingerprint density at radius 3 is 2.89 bits per heavy atom. The zero-order valence-corrected chi connectivity index (χ0v) is 11.2. The first-order valence-electron chi connectivity index (χ1n) is 6.17. The molecule has 0 saturated heterocycles. The lowest BCUT2D eigenvalue weighted by atomic mass is 10.1. The van der Waals surface area contributed by atoms with Crippen LogP contribution in [0.5, 0.6) is 0 Å². The van der Waals surface area contributed by atoms with E-state index in [1.807, 2.05) is 6.92 Å². The first-order valence-corrected chi connectivity index (χ1v) is 6.17. The molecule has 1 aromatic heterocycles. The largest absolute Gasteiger partial charge is 0.481 e. The highest BCUT2D eigenvalue weighted by Gasteiger charge is 2.11. The third kappa shape index (κ3) is 5.89. The molecular formula is C12H20N4O3. The monoisotopic (exact) mass is 268 g/mol. The average molecular weight is 268 g/mol. The van der Waals surface area contributed by atoms with Crippen LogP contribution in [0.2, 0.25) is 0 Å². The minimum absolute atomic E-state index is 0.127. The number of nitrogens with zero attached hydrogens (tertiary/aromatic N) is 2. The summed E-state index contributed by atoms with van der Waals surface area (Å²) in [5.41, 5.74) is 0.927. The lowest BCUT2D eigenvalue weighted by Gasteiger charge is -2.19. The lowest BCUT2D eigenvalue weighted by Crippen LogP contribution is -2.38. The summed E-state index contributed by atoms with van der Waals surface area (Å²) in [6, 6.07) is -0.177. The quantitative estimate of drug-likeness (QED) is 0.688. The number of aromatic amines is 1. The first kappa shape index (κ1) is 15.0. The number of carboxylic acid groups (broad SMARTS) is 1. The summed E-state index contributed by atoms with van der Waals surface area (Å²) < 4.78 is 0. The van der Waals surface area contributed by atoms with Gasteiger partial charge in [-0.3, -0.25) is 9.89 Å². The fourth-order valence-corrected chi connectivity index (χ4v) is 1.58. The Balaban J connectivity index is 2.24. The third-order valence-electron chi connectivity index (χ3n) is 2.77. The topological polar surface area (TPSA) is 98.3 Å². The third-order valence-corrected chi connectivity index (χ3v) is 2.77. The van der Waals surface area contributed by atoms with Crippen molar-refractivity contribution in [2.24, 2.45) is 5.92 Å². The highest BCUT2D eigenvalue weighted by Crippen LogP contribution is 2.05. The molecule has 1 unspecified atom stereocenters. The molecule has 0 spiro atoms. The molecule has 7 nitrogen and oxygen atoms in total. The molecule has 0 fully saturated rings. The molecule has 3 N–H and O–H groups in total. The zero-order chi connectivity index (χ0) is 14.3. The van der Waals surface area contributed by atoms with Crippen LogP contribution in [0.15, 0.2) is 12.4 Å². The molecule has 2 amide bonds. The van der Waals surface area contributed by atoms with E-state index >= 15 is 0 Å². The van der Waals surface area contributed by atoms with Crippen molar-refractivity contribution >= 4 is 12.0 Å². The van der Waals surface area contributed by atoms with E-state index in [9.17, 15) is 9.59 Å². The molecule has 0 saturated carbocycles. The summed E-state index contributed by atoms with van der Waals surface area (Å²) >= 11 is 0. The van der Waals surface area contributed by atoms with Crippen LogP contribution in [0.1, 0.15) is 25.3 Å². The molecule has 1 rings (SSSR count). The maximum atomic E-state index is 11.8. The van der Waals surface area contributed by atoms with Gasteiger partial charge in [0.2, 0.25) is 0 Å². The molecule has 19 heavy (non-hydrogen) atoms. The highest BCUT2D eigenvalue weighted by atomic mass is 16.4. The Kier molecular flexibility index (Phi) is 5.84. The van der Waals surface area contributed by atoms with Crippen molar-refractivity contribution in [3.63, 3.8) is 0 Å². The zero-order valence-electron chi connectivity index (χ0n) is 11.2. The molecule has 1 aromatic rings. The number of hydrogen-bond acceptors (Lipinski definition) is 3. The van der Waals surface area contributed by atoms with Crippen molar-refractivity contribution in [1.82, 2.24) is 20.4 Å². The van der Waals surface area contributed by atoms with E-state index in [4.69, 9.17) is 5.11 Å². The first-order chi connectivity index (χ1) is 8.99. The van der Waals surface area contributed by atoms with Crippen molar-refractivity contribution in [2.45, 2.75) is 26.3 Å². The summed E-state index contributed by atoms with van der Waals surface area (Å²) in [6.45, 7) is 2.87. The smallest absolute Gasteiger partial charge is 0.317 e. The number of nitrogens with one attached hydrogen (secondary N) is 2. The van der Waals surface area contributed by atoms with Gasteiger partial charge in [-0.2, -0.15) is 5.10 Å². The van der Waals surface area contributed by atoms with Crippen molar-refractivity contribution in [2.75, 3.05) is 13.6 Å². The molecular weight excluding hydrogens is 248 g/mol. The molecule has 1 atom stereocenters. The Bertz CT molecular complexity index is 405. The van der Waals surface area contributed by atoms with Crippen LogP contribution in [0.25, 0.3) is 0 Å². The molecule has 0 aromatic carbocycles. The number of carbonyl (C=O) groups is 2. The van der Waals surface area contributed by atoms with E-state index in [1.54, 1.807) is 24.3 Å². The lowest BCUT2D eigenvalue weighted by molar-refractivity contribution is -0.137. The van der Waals surface area contributed by atoms with Crippen LogP contribution >= 0.6 is 0 Å². The maximum Gasteiger partial charge on any atom is 0.317 e. The molecule has 7 heteroatoms. The Morgan fingerprint density at radius 1 is 1.58 bits per heavy atom. The van der Waals surface area contributed by atoms with E-state index in [0.717, 1.165) is 5.56 Å². The van der Waals surface area contributed by atoms with Crippen molar-refractivity contribution in [3.8, 4) is 0 Å². The van der Waals surface area contributed by atoms with E-state index in [2.05, 4.69) is 15.5 Å². The van der Waals surface area contributed by atoms with Gasteiger partial charge in [-0.1, -0.05) is 6.92 Å². The fourth-order valence-electron chi connectivity index (χ4n) is 1.58. The fraction of sp³-hybridized carbons (Fsp3) is 0.583. The van der Waals surface area contributed by atoms with E-state index < -0.39 is 5.97 Å². The van der Waals surface area contributed by atoms with Gasteiger partial charge in [0, 0.05) is 31.8 Å². The van der Waals surface area contributed by atoms with Crippen molar-refractivity contribution < 1.29 is 14.7 Å². The number of aliphatic carboxylic acids is 1. The number of urea groups is 1. The minimum Gasteiger partial charge on any atom is -0.481 e. The second-order valence-corrected chi connectivity index (χ2v) is 4.69. The molecule has 0 bridgehead atoms. The number of aromatic nitrogens is 2. The summed E-state index contributed by atoms with van der Waals surface area (Å²) in [7, 11) is 1.70. The van der Waals surface area contributed by atoms with Gasteiger partial charge >= 0.3 is 12.0 Å². The van der Waals surface area contributed by atoms with Gasteiger partial charge < -0.3 is 15.3 Å². The Morgan fingerprint density at radius 2 is 2.32 bits per heavy atom. The molecule has 0 aliphatic carbocycles. The second-order valence-electron chi connectivity index (χ2n) is 4.69. The average Bonchev–Trinajstić information content (AvgIpc) is 2.86. The van der Waals surface area contributed by atoms with Crippen molar-refractivity contribution in [1.29, 1.82) is 0 Å². The summed E-state index contributed by atoms with van der Waals surface area (Å²) in [6.07, 6.45) is 4.08. The predicted molar refractivity (Wildman–Crippen MR) is 69.5 cm³/mol. The van der Waals surface area contributed by atoms with Crippen LogP contribution in [-0.4, -0.2) is 45.8 Å². The molecule has 106 valence electrons. The number of hydrogen-bond donors (Lipinski definition) is 3. The molecule has 0 aliphatic rings. The Labute approximate surface area is 112 Å². The van der Waals surface area contributed by atoms with E-state index in [-0.39, 0.29) is 18.4 Å².